The maximum atomic E-state index is 13.7. The highest BCUT2D eigenvalue weighted by Crippen LogP contribution is 2.24. The molecular formula is C33H26N2O2. The summed E-state index contributed by atoms with van der Waals surface area (Å²) in [7, 11) is 0. The van der Waals surface area contributed by atoms with E-state index in [1.807, 2.05) is 112 Å². The van der Waals surface area contributed by atoms with Crippen molar-refractivity contribution >= 4 is 23.1 Å². The zero-order chi connectivity index (χ0) is 25.9. The summed E-state index contributed by atoms with van der Waals surface area (Å²) in [6, 6.07) is 26.9. The van der Waals surface area contributed by atoms with Crippen LogP contribution in [0.2, 0.25) is 0 Å². The van der Waals surface area contributed by atoms with Crippen LogP contribution < -0.4 is 5.56 Å². The highest BCUT2D eigenvalue weighted by molar-refractivity contribution is 5.80. The normalized spacial score (nSPS) is 11.0. The Morgan fingerprint density at radius 2 is 1.43 bits per heavy atom. The van der Waals surface area contributed by atoms with Crippen LogP contribution in [-0.4, -0.2) is 14.7 Å². The fraction of sp³-hybridized carbons (Fsp3) is 0.0909. The number of aryl methyl sites for hydroxylation is 3. The number of aromatic hydroxyl groups is 1. The van der Waals surface area contributed by atoms with Crippen LogP contribution in [0.5, 0.6) is 5.75 Å². The molecule has 4 nitrogen and oxygen atoms in total. The van der Waals surface area contributed by atoms with Crippen molar-refractivity contribution in [1.82, 2.24) is 9.55 Å². The van der Waals surface area contributed by atoms with Crippen LogP contribution in [-0.2, 0) is 0 Å². The molecule has 180 valence electrons. The van der Waals surface area contributed by atoms with Crippen molar-refractivity contribution in [2.75, 3.05) is 0 Å². The van der Waals surface area contributed by atoms with Crippen molar-refractivity contribution in [3.63, 3.8) is 0 Å². The summed E-state index contributed by atoms with van der Waals surface area (Å²) in [4.78, 5) is 18.5. The van der Waals surface area contributed by atoms with Gasteiger partial charge in [0.25, 0.3) is 5.56 Å². The molecular weight excluding hydrogens is 456 g/mol. The summed E-state index contributed by atoms with van der Waals surface area (Å²) < 4.78 is 1.66. The highest BCUT2D eigenvalue weighted by atomic mass is 16.3. The van der Waals surface area contributed by atoms with Crippen molar-refractivity contribution in [3.8, 4) is 23.3 Å². The lowest BCUT2D eigenvalue weighted by atomic mass is 10.1. The third kappa shape index (κ3) is 4.94. The zero-order valence-electron chi connectivity index (χ0n) is 21.0. The Balaban J connectivity index is 1.63. The molecule has 0 aliphatic rings. The number of nitrogens with zero attached hydrogens (tertiary/aromatic N) is 2. The van der Waals surface area contributed by atoms with Gasteiger partial charge >= 0.3 is 0 Å². The Hall–Kier alpha value is -4.88. The predicted molar refractivity (Wildman–Crippen MR) is 151 cm³/mol. The highest BCUT2D eigenvalue weighted by Gasteiger charge is 2.13. The van der Waals surface area contributed by atoms with Crippen LogP contribution in [0.4, 0.5) is 0 Å². The summed E-state index contributed by atoms with van der Waals surface area (Å²) in [5, 5.41) is 10.7. The standard InChI is InChI=1S/C33H26N2O2/c1-22-19-26(14-13-25-9-5-4-6-10-25)15-17-30(22)35-31(34-29-12-8-7-11-28(29)33(35)37)18-16-27-20-23(2)32(36)24(3)21-27/h4-12,15-21,36H,1-3H3. The number of hydrogen-bond acceptors (Lipinski definition) is 3. The zero-order valence-corrected chi connectivity index (χ0v) is 21.0. The predicted octanol–water partition coefficient (Wildman–Crippen LogP) is 6.59. The van der Waals surface area contributed by atoms with Gasteiger partial charge in [-0.2, -0.15) is 0 Å². The van der Waals surface area contributed by atoms with E-state index in [1.165, 1.54) is 0 Å². The number of phenols is 1. The Bertz CT molecular complexity index is 1760. The molecule has 0 saturated carbocycles. The number of benzene rings is 4. The van der Waals surface area contributed by atoms with Gasteiger partial charge < -0.3 is 5.11 Å². The summed E-state index contributed by atoms with van der Waals surface area (Å²) in [6.07, 6.45) is 3.77. The van der Waals surface area contributed by atoms with Gasteiger partial charge in [0.1, 0.15) is 11.6 Å². The van der Waals surface area contributed by atoms with Crippen LogP contribution >= 0.6 is 0 Å². The first kappa shape index (κ1) is 23.8. The number of rotatable bonds is 3. The van der Waals surface area contributed by atoms with E-state index in [9.17, 15) is 9.90 Å². The maximum absolute atomic E-state index is 13.7. The lowest BCUT2D eigenvalue weighted by Gasteiger charge is -2.14. The summed E-state index contributed by atoms with van der Waals surface area (Å²) in [6.45, 7) is 5.72. The van der Waals surface area contributed by atoms with E-state index in [-0.39, 0.29) is 5.56 Å². The van der Waals surface area contributed by atoms with E-state index < -0.39 is 0 Å². The fourth-order valence-electron chi connectivity index (χ4n) is 4.40. The maximum Gasteiger partial charge on any atom is 0.266 e. The first-order valence-electron chi connectivity index (χ1n) is 12.1. The Morgan fingerprint density at radius 1 is 0.757 bits per heavy atom. The molecule has 0 radical (unpaired) electrons. The molecule has 4 heteroatoms. The number of fused-ring (bicyclic) bond motifs is 1. The number of aromatic nitrogens is 2. The molecule has 1 heterocycles. The molecule has 0 saturated heterocycles. The van der Waals surface area contributed by atoms with E-state index in [1.54, 1.807) is 10.6 Å². The molecule has 1 aromatic heterocycles. The number of hydrogen-bond donors (Lipinski definition) is 1. The van der Waals surface area contributed by atoms with E-state index in [0.29, 0.717) is 22.5 Å². The Morgan fingerprint density at radius 3 is 2.16 bits per heavy atom. The molecule has 4 aromatic carbocycles. The monoisotopic (exact) mass is 482 g/mol. The second-order valence-corrected chi connectivity index (χ2v) is 9.08. The van der Waals surface area contributed by atoms with Crippen molar-refractivity contribution in [3.05, 3.63) is 134 Å². The third-order valence-corrected chi connectivity index (χ3v) is 6.30. The van der Waals surface area contributed by atoms with Crippen LogP contribution in [0.15, 0.2) is 89.7 Å². The second-order valence-electron chi connectivity index (χ2n) is 9.08. The van der Waals surface area contributed by atoms with Crippen molar-refractivity contribution in [2.24, 2.45) is 0 Å². The third-order valence-electron chi connectivity index (χ3n) is 6.30. The minimum atomic E-state index is -0.130. The molecule has 1 N–H and O–H groups in total. The molecule has 5 aromatic rings. The minimum absolute atomic E-state index is 0.130. The van der Waals surface area contributed by atoms with E-state index in [4.69, 9.17) is 4.98 Å². The lowest BCUT2D eigenvalue weighted by Crippen LogP contribution is -2.23. The van der Waals surface area contributed by atoms with Gasteiger partial charge in [-0.3, -0.25) is 9.36 Å². The van der Waals surface area contributed by atoms with Gasteiger partial charge in [0.2, 0.25) is 0 Å². The SMILES string of the molecule is Cc1cc(C#Cc2ccccc2)ccc1-n1c(C=Cc2cc(C)c(O)c(C)c2)nc2ccccc2c1=O. The van der Waals surface area contributed by atoms with Gasteiger partial charge in [0.05, 0.1) is 16.6 Å². The molecule has 0 aliphatic carbocycles. The molecule has 5 rings (SSSR count). The number of phenolic OH excluding ortho intramolecular Hbond substituents is 1. The quantitative estimate of drug-likeness (QED) is 0.295. The van der Waals surface area contributed by atoms with Crippen LogP contribution in [0.25, 0.3) is 28.7 Å². The number of para-hydroxylation sites is 1. The molecule has 0 unspecified atom stereocenters. The van der Waals surface area contributed by atoms with Gasteiger partial charge in [-0.25, -0.2) is 4.98 Å². The van der Waals surface area contributed by atoms with Crippen molar-refractivity contribution in [1.29, 1.82) is 0 Å². The molecule has 0 spiro atoms. The average molecular weight is 483 g/mol. The van der Waals surface area contributed by atoms with Gasteiger partial charge in [0.15, 0.2) is 0 Å². The molecule has 0 aliphatic heterocycles. The Kier molecular flexibility index (Phi) is 6.45. The van der Waals surface area contributed by atoms with Gasteiger partial charge in [-0.05, 0) is 104 Å². The van der Waals surface area contributed by atoms with Gasteiger partial charge in [-0.1, -0.05) is 48.2 Å². The largest absolute Gasteiger partial charge is 0.507 e. The smallest absolute Gasteiger partial charge is 0.266 e. The molecule has 0 bridgehead atoms. The van der Waals surface area contributed by atoms with Crippen molar-refractivity contribution in [2.45, 2.75) is 20.8 Å². The van der Waals surface area contributed by atoms with E-state index >= 15 is 0 Å². The average Bonchev–Trinajstić information content (AvgIpc) is 2.90. The lowest BCUT2D eigenvalue weighted by molar-refractivity contribution is 0.467. The van der Waals surface area contributed by atoms with Crippen LogP contribution in [0, 0.1) is 32.6 Å². The van der Waals surface area contributed by atoms with Gasteiger partial charge in [0, 0.05) is 11.1 Å². The minimum Gasteiger partial charge on any atom is -0.507 e. The van der Waals surface area contributed by atoms with E-state index in [2.05, 4.69) is 11.8 Å². The van der Waals surface area contributed by atoms with Gasteiger partial charge in [-0.15, -0.1) is 0 Å². The summed E-state index contributed by atoms with van der Waals surface area (Å²) in [5.41, 5.74) is 6.53. The van der Waals surface area contributed by atoms with Crippen LogP contribution in [0.3, 0.4) is 0 Å². The van der Waals surface area contributed by atoms with E-state index in [0.717, 1.165) is 39.1 Å². The first-order valence-corrected chi connectivity index (χ1v) is 12.1. The summed E-state index contributed by atoms with van der Waals surface area (Å²) in [5.74, 6) is 7.22. The second kappa shape index (κ2) is 10.0. The van der Waals surface area contributed by atoms with Crippen molar-refractivity contribution < 1.29 is 5.11 Å². The summed E-state index contributed by atoms with van der Waals surface area (Å²) >= 11 is 0. The van der Waals surface area contributed by atoms with Crippen LogP contribution in [0.1, 0.15) is 39.2 Å². The Labute approximate surface area is 216 Å². The molecule has 0 fully saturated rings. The topological polar surface area (TPSA) is 55.1 Å². The first-order chi connectivity index (χ1) is 17.9. The molecule has 0 atom stereocenters. The molecule has 0 amide bonds. The molecule has 37 heavy (non-hydrogen) atoms. The fourth-order valence-corrected chi connectivity index (χ4v) is 4.40.